The number of carboxylic acid groups (broad SMARTS) is 1. The Balaban J connectivity index is 2.53. The molecule has 0 saturated heterocycles. The van der Waals surface area contributed by atoms with Crippen LogP contribution in [0, 0.1) is 19.7 Å². The van der Waals surface area contributed by atoms with Crippen molar-refractivity contribution < 1.29 is 27.5 Å². The molecule has 156 valence electrons. The van der Waals surface area contributed by atoms with E-state index in [-0.39, 0.29) is 16.1 Å². The highest BCUT2D eigenvalue weighted by molar-refractivity contribution is 7.89. The summed E-state index contributed by atoms with van der Waals surface area (Å²) < 4.78 is 42.2. The minimum absolute atomic E-state index is 0.0818. The van der Waals surface area contributed by atoms with E-state index in [0.29, 0.717) is 5.56 Å². The van der Waals surface area contributed by atoms with Crippen LogP contribution in [0.1, 0.15) is 39.9 Å². The Morgan fingerprint density at radius 2 is 1.83 bits per heavy atom. The lowest BCUT2D eigenvalue weighted by molar-refractivity contribution is -0.139. The highest BCUT2D eigenvalue weighted by atomic mass is 35.5. The lowest BCUT2D eigenvalue weighted by Gasteiger charge is -2.24. The zero-order chi connectivity index (χ0) is 22.1. The average molecular weight is 443 g/mol. The van der Waals surface area contributed by atoms with Gasteiger partial charge in [-0.1, -0.05) is 24.6 Å². The zero-order valence-electron chi connectivity index (χ0n) is 15.9. The quantitative estimate of drug-likeness (QED) is 0.607. The molecule has 2 aromatic rings. The Labute approximate surface area is 172 Å². The first-order valence-electron chi connectivity index (χ1n) is 8.47. The molecule has 0 radical (unpaired) electrons. The standard InChI is InChI=1S/C19H20ClFN2O5S/c1-9-4-6-14(21)16(10(9)2)11(3)17(19(25)26)23-29(27,28)15-7-5-12(20)8-13(15)18(22)24/h4-8,11,17,23H,1-3H3,(H2,22,24)(H,25,26). The molecule has 4 N–H and O–H groups in total. The van der Waals surface area contributed by atoms with Gasteiger partial charge < -0.3 is 10.8 Å². The zero-order valence-corrected chi connectivity index (χ0v) is 17.4. The summed E-state index contributed by atoms with van der Waals surface area (Å²) in [6.45, 7) is 4.77. The predicted octanol–water partition coefficient (Wildman–Crippen LogP) is 2.73. The van der Waals surface area contributed by atoms with E-state index in [9.17, 15) is 27.5 Å². The third-order valence-electron chi connectivity index (χ3n) is 4.73. The Morgan fingerprint density at radius 1 is 1.21 bits per heavy atom. The molecular weight excluding hydrogens is 423 g/mol. The van der Waals surface area contributed by atoms with Gasteiger partial charge in [0, 0.05) is 10.9 Å². The molecule has 0 fully saturated rings. The van der Waals surface area contributed by atoms with E-state index in [1.165, 1.54) is 19.1 Å². The van der Waals surface area contributed by atoms with Gasteiger partial charge >= 0.3 is 5.97 Å². The van der Waals surface area contributed by atoms with Gasteiger partial charge in [-0.3, -0.25) is 9.59 Å². The van der Waals surface area contributed by atoms with Crippen LogP contribution in [0.4, 0.5) is 4.39 Å². The number of hydrogen-bond donors (Lipinski definition) is 3. The third kappa shape index (κ3) is 4.75. The number of amides is 1. The van der Waals surface area contributed by atoms with Crippen molar-refractivity contribution in [3.63, 3.8) is 0 Å². The second kappa shape index (κ2) is 8.48. The van der Waals surface area contributed by atoms with Gasteiger partial charge in [0.2, 0.25) is 15.9 Å². The van der Waals surface area contributed by atoms with E-state index in [2.05, 4.69) is 4.72 Å². The van der Waals surface area contributed by atoms with Gasteiger partial charge in [-0.25, -0.2) is 12.8 Å². The van der Waals surface area contributed by atoms with Crippen molar-refractivity contribution in [3.05, 3.63) is 63.4 Å². The Kier molecular flexibility index (Phi) is 6.67. The van der Waals surface area contributed by atoms with Crippen molar-refractivity contribution in [1.82, 2.24) is 4.72 Å². The molecule has 0 heterocycles. The summed E-state index contributed by atoms with van der Waals surface area (Å²) in [5, 5.41) is 9.71. The molecule has 0 bridgehead atoms. The first kappa shape index (κ1) is 22.8. The molecule has 0 spiro atoms. The number of nitrogens with one attached hydrogen (secondary N) is 1. The number of halogens is 2. The maximum atomic E-state index is 14.4. The molecule has 0 aromatic heterocycles. The molecular formula is C19H20ClFN2O5S. The number of carboxylic acids is 1. The minimum atomic E-state index is -4.50. The molecule has 7 nitrogen and oxygen atoms in total. The van der Waals surface area contributed by atoms with Gasteiger partial charge in [0.05, 0.1) is 10.5 Å². The number of nitrogens with two attached hydrogens (primary N) is 1. The molecule has 2 unspecified atom stereocenters. The first-order chi connectivity index (χ1) is 13.4. The SMILES string of the molecule is Cc1ccc(F)c(C(C)C(NS(=O)(=O)c2ccc(Cl)cc2C(N)=O)C(=O)O)c1C. The van der Waals surface area contributed by atoms with Gasteiger partial charge in [-0.15, -0.1) is 0 Å². The van der Waals surface area contributed by atoms with Gasteiger partial charge in [0.25, 0.3) is 0 Å². The Bertz CT molecular complexity index is 1090. The Morgan fingerprint density at radius 3 is 2.38 bits per heavy atom. The molecule has 10 heteroatoms. The number of rotatable bonds is 7. The highest BCUT2D eigenvalue weighted by Gasteiger charge is 2.34. The van der Waals surface area contributed by atoms with Crippen molar-refractivity contribution in [2.75, 3.05) is 0 Å². The topological polar surface area (TPSA) is 127 Å². The van der Waals surface area contributed by atoms with Crippen LogP contribution >= 0.6 is 11.6 Å². The van der Waals surface area contributed by atoms with Crippen LogP contribution in [0.15, 0.2) is 35.2 Å². The number of sulfonamides is 1. The fourth-order valence-electron chi connectivity index (χ4n) is 3.06. The molecule has 2 rings (SSSR count). The molecule has 2 aromatic carbocycles. The van der Waals surface area contributed by atoms with Crippen LogP contribution in [0.5, 0.6) is 0 Å². The van der Waals surface area contributed by atoms with Crippen LogP contribution in [0.25, 0.3) is 0 Å². The molecule has 0 saturated carbocycles. The predicted molar refractivity (Wildman–Crippen MR) is 106 cm³/mol. The van der Waals surface area contributed by atoms with Crippen molar-refractivity contribution in [2.24, 2.45) is 5.73 Å². The number of primary amides is 1. The summed E-state index contributed by atoms with van der Waals surface area (Å²) in [5.41, 5.74) is 6.17. The van der Waals surface area contributed by atoms with E-state index >= 15 is 0 Å². The molecule has 0 aliphatic carbocycles. The van der Waals surface area contributed by atoms with E-state index in [1.54, 1.807) is 19.9 Å². The fraction of sp³-hybridized carbons (Fsp3) is 0.263. The Hall–Kier alpha value is -2.49. The highest BCUT2D eigenvalue weighted by Crippen LogP contribution is 2.29. The second-order valence-electron chi connectivity index (χ2n) is 6.63. The van der Waals surface area contributed by atoms with Crippen molar-refractivity contribution in [1.29, 1.82) is 0 Å². The number of aryl methyl sites for hydroxylation is 1. The van der Waals surface area contributed by atoms with Crippen LogP contribution in [0.3, 0.4) is 0 Å². The van der Waals surface area contributed by atoms with Crippen molar-refractivity contribution in [3.8, 4) is 0 Å². The van der Waals surface area contributed by atoms with E-state index in [1.807, 2.05) is 0 Å². The first-order valence-corrected chi connectivity index (χ1v) is 10.3. The van der Waals surface area contributed by atoms with Crippen LogP contribution in [0.2, 0.25) is 5.02 Å². The summed E-state index contributed by atoms with van der Waals surface area (Å²) in [6.07, 6.45) is 0. The van der Waals surface area contributed by atoms with E-state index in [4.69, 9.17) is 17.3 Å². The van der Waals surface area contributed by atoms with E-state index < -0.39 is 44.6 Å². The van der Waals surface area contributed by atoms with Gasteiger partial charge in [0.1, 0.15) is 11.9 Å². The van der Waals surface area contributed by atoms with Crippen molar-refractivity contribution >= 4 is 33.5 Å². The van der Waals surface area contributed by atoms with Gasteiger partial charge in [-0.2, -0.15) is 4.72 Å². The molecule has 29 heavy (non-hydrogen) atoms. The van der Waals surface area contributed by atoms with Crippen LogP contribution in [-0.2, 0) is 14.8 Å². The number of carbonyl (C=O) groups is 2. The minimum Gasteiger partial charge on any atom is -0.480 e. The number of aliphatic carboxylic acids is 1. The number of carbonyl (C=O) groups excluding carboxylic acids is 1. The van der Waals surface area contributed by atoms with Crippen molar-refractivity contribution in [2.45, 2.75) is 37.6 Å². The van der Waals surface area contributed by atoms with Gasteiger partial charge in [0.15, 0.2) is 0 Å². The maximum absolute atomic E-state index is 14.4. The summed E-state index contributed by atoms with van der Waals surface area (Å²) in [6, 6.07) is 4.40. The lowest BCUT2D eigenvalue weighted by atomic mass is 9.88. The summed E-state index contributed by atoms with van der Waals surface area (Å²) in [7, 11) is -4.50. The maximum Gasteiger partial charge on any atom is 0.322 e. The monoisotopic (exact) mass is 442 g/mol. The average Bonchev–Trinajstić information content (AvgIpc) is 2.62. The molecule has 1 amide bonds. The molecule has 2 atom stereocenters. The second-order valence-corrected chi connectivity index (χ2v) is 8.75. The summed E-state index contributed by atoms with van der Waals surface area (Å²) in [4.78, 5) is 23.0. The largest absolute Gasteiger partial charge is 0.480 e. The van der Waals surface area contributed by atoms with Gasteiger partial charge in [-0.05, 0) is 54.8 Å². The van der Waals surface area contributed by atoms with E-state index in [0.717, 1.165) is 17.7 Å². The fourth-order valence-corrected chi connectivity index (χ4v) is 4.69. The van der Waals surface area contributed by atoms with Crippen LogP contribution < -0.4 is 10.5 Å². The summed E-state index contributed by atoms with van der Waals surface area (Å²) in [5.74, 6) is -4.24. The third-order valence-corrected chi connectivity index (χ3v) is 6.47. The normalized spacial score (nSPS) is 13.7. The summed E-state index contributed by atoms with van der Waals surface area (Å²) >= 11 is 5.79. The van der Waals surface area contributed by atoms with Crippen LogP contribution in [-0.4, -0.2) is 31.4 Å². The molecule has 0 aliphatic heterocycles. The lowest BCUT2D eigenvalue weighted by Crippen LogP contribution is -2.45. The molecule has 0 aliphatic rings. The smallest absolute Gasteiger partial charge is 0.322 e. The number of benzene rings is 2. The number of hydrogen-bond acceptors (Lipinski definition) is 4.